The summed E-state index contributed by atoms with van der Waals surface area (Å²) in [5.41, 5.74) is 4.89. The zero-order chi connectivity index (χ0) is 9.47. The molecule has 0 amide bonds. The van der Waals surface area contributed by atoms with Crippen LogP contribution in [0, 0.1) is 5.92 Å². The average molecular weight is 198 g/mol. The van der Waals surface area contributed by atoms with E-state index in [4.69, 9.17) is 5.73 Å². The van der Waals surface area contributed by atoms with Gasteiger partial charge in [-0.1, -0.05) is 18.3 Å². The van der Waals surface area contributed by atoms with Gasteiger partial charge in [0, 0.05) is 6.20 Å². The molecule has 0 spiro atoms. The van der Waals surface area contributed by atoms with Crippen LogP contribution in [0.4, 0.5) is 5.13 Å². The summed E-state index contributed by atoms with van der Waals surface area (Å²) >= 11 is 1.40. The highest BCUT2D eigenvalue weighted by Gasteiger charge is 2.38. The summed E-state index contributed by atoms with van der Waals surface area (Å²) in [5.74, 6) is 0.605. The zero-order valence-electron chi connectivity index (χ0n) is 7.66. The van der Waals surface area contributed by atoms with E-state index in [1.807, 2.05) is 0 Å². The Balaban J connectivity index is 2.25. The molecule has 4 heteroatoms. The molecular weight excluding hydrogens is 184 g/mol. The number of nitrogen functional groups attached to an aromatic ring is 1. The van der Waals surface area contributed by atoms with Crippen molar-refractivity contribution >= 4 is 16.5 Å². The van der Waals surface area contributed by atoms with E-state index in [1.165, 1.54) is 11.3 Å². The minimum atomic E-state index is -0.644. The molecule has 1 aliphatic rings. The van der Waals surface area contributed by atoms with Gasteiger partial charge in [0.2, 0.25) is 0 Å². The van der Waals surface area contributed by atoms with Crippen molar-refractivity contribution in [1.82, 2.24) is 4.98 Å². The van der Waals surface area contributed by atoms with E-state index in [2.05, 4.69) is 11.9 Å². The summed E-state index contributed by atoms with van der Waals surface area (Å²) in [6, 6.07) is 0. The number of rotatable bonds is 1. The van der Waals surface area contributed by atoms with Crippen LogP contribution in [0.3, 0.4) is 0 Å². The van der Waals surface area contributed by atoms with Crippen molar-refractivity contribution in [2.24, 2.45) is 5.92 Å². The first-order chi connectivity index (χ1) is 6.10. The number of aromatic nitrogens is 1. The molecule has 1 heterocycles. The van der Waals surface area contributed by atoms with Gasteiger partial charge in [-0.3, -0.25) is 0 Å². The van der Waals surface area contributed by atoms with E-state index in [0.29, 0.717) is 11.0 Å². The van der Waals surface area contributed by atoms with Gasteiger partial charge in [-0.2, -0.15) is 0 Å². The molecule has 1 fully saturated rings. The van der Waals surface area contributed by atoms with Crippen LogP contribution in [0.2, 0.25) is 0 Å². The Morgan fingerprint density at radius 3 is 3.00 bits per heavy atom. The maximum Gasteiger partial charge on any atom is 0.180 e. The minimum absolute atomic E-state index is 0.544. The molecule has 13 heavy (non-hydrogen) atoms. The van der Waals surface area contributed by atoms with E-state index in [9.17, 15) is 5.11 Å². The lowest BCUT2D eigenvalue weighted by Crippen LogP contribution is -2.19. The predicted molar refractivity (Wildman–Crippen MR) is 53.4 cm³/mol. The summed E-state index contributed by atoms with van der Waals surface area (Å²) in [4.78, 5) is 4.89. The molecule has 2 rings (SSSR count). The molecule has 2 unspecified atom stereocenters. The Labute approximate surface area is 81.6 Å². The van der Waals surface area contributed by atoms with E-state index in [0.717, 1.165) is 24.1 Å². The Morgan fingerprint density at radius 1 is 1.77 bits per heavy atom. The van der Waals surface area contributed by atoms with E-state index < -0.39 is 5.60 Å². The monoisotopic (exact) mass is 198 g/mol. The summed E-state index contributed by atoms with van der Waals surface area (Å²) < 4.78 is 0. The molecule has 1 saturated carbocycles. The van der Waals surface area contributed by atoms with Crippen molar-refractivity contribution < 1.29 is 5.11 Å². The first kappa shape index (κ1) is 8.97. The van der Waals surface area contributed by atoms with Crippen LogP contribution in [-0.2, 0) is 5.60 Å². The van der Waals surface area contributed by atoms with Gasteiger partial charge in [-0.25, -0.2) is 4.98 Å². The van der Waals surface area contributed by atoms with Crippen LogP contribution in [0.5, 0.6) is 0 Å². The van der Waals surface area contributed by atoms with E-state index in [1.54, 1.807) is 6.20 Å². The molecule has 0 aromatic carbocycles. The number of nitrogens with two attached hydrogens (primary N) is 1. The van der Waals surface area contributed by atoms with Crippen LogP contribution < -0.4 is 5.73 Å². The van der Waals surface area contributed by atoms with Gasteiger partial charge in [0.15, 0.2) is 5.13 Å². The maximum atomic E-state index is 10.3. The maximum absolute atomic E-state index is 10.3. The summed E-state index contributed by atoms with van der Waals surface area (Å²) in [7, 11) is 0. The Bertz CT molecular complexity index is 312. The molecule has 0 saturated heterocycles. The van der Waals surface area contributed by atoms with Crippen molar-refractivity contribution in [2.45, 2.75) is 31.8 Å². The number of aliphatic hydroxyl groups is 1. The van der Waals surface area contributed by atoms with Crippen molar-refractivity contribution in [3.8, 4) is 0 Å². The van der Waals surface area contributed by atoms with Crippen LogP contribution in [0.25, 0.3) is 0 Å². The number of hydrogen-bond acceptors (Lipinski definition) is 4. The minimum Gasteiger partial charge on any atom is -0.384 e. The Kier molecular flexibility index (Phi) is 2.04. The van der Waals surface area contributed by atoms with Gasteiger partial charge in [0.1, 0.15) is 5.60 Å². The van der Waals surface area contributed by atoms with Gasteiger partial charge >= 0.3 is 0 Å². The third kappa shape index (κ3) is 1.56. The number of thiazole rings is 1. The van der Waals surface area contributed by atoms with Gasteiger partial charge in [-0.15, -0.1) is 0 Å². The Hall–Kier alpha value is -0.610. The summed E-state index contributed by atoms with van der Waals surface area (Å²) in [5, 5.41) is 10.8. The molecule has 1 aromatic rings. The van der Waals surface area contributed by atoms with Crippen LogP contribution in [-0.4, -0.2) is 10.1 Å². The summed E-state index contributed by atoms with van der Waals surface area (Å²) in [6.07, 6.45) is 4.48. The topological polar surface area (TPSA) is 59.1 Å². The lowest BCUT2D eigenvalue weighted by Gasteiger charge is -2.19. The number of nitrogens with zero attached hydrogens (tertiary/aromatic N) is 1. The van der Waals surface area contributed by atoms with Gasteiger partial charge in [0.05, 0.1) is 4.88 Å². The molecule has 3 nitrogen and oxygen atoms in total. The number of anilines is 1. The molecule has 2 atom stereocenters. The van der Waals surface area contributed by atoms with Crippen molar-refractivity contribution in [1.29, 1.82) is 0 Å². The molecular formula is C9H14N2OS. The fraction of sp³-hybridized carbons (Fsp3) is 0.667. The molecule has 72 valence electrons. The van der Waals surface area contributed by atoms with Gasteiger partial charge < -0.3 is 10.8 Å². The molecule has 1 aliphatic carbocycles. The second-order valence-corrected chi connectivity index (χ2v) is 5.00. The predicted octanol–water partition coefficient (Wildman–Crippen LogP) is 1.73. The third-order valence-electron chi connectivity index (χ3n) is 2.72. The van der Waals surface area contributed by atoms with Crippen LogP contribution >= 0.6 is 11.3 Å². The molecule has 0 bridgehead atoms. The molecule has 1 aromatic heterocycles. The van der Waals surface area contributed by atoms with Gasteiger partial charge in [-0.05, 0) is 25.2 Å². The first-order valence-electron chi connectivity index (χ1n) is 4.54. The fourth-order valence-electron chi connectivity index (χ4n) is 1.99. The highest BCUT2D eigenvalue weighted by Crippen LogP contribution is 2.43. The SMILES string of the molecule is CC1CCC(O)(c2cnc(N)s2)C1. The van der Waals surface area contributed by atoms with Crippen LogP contribution in [0.1, 0.15) is 31.1 Å². The first-order valence-corrected chi connectivity index (χ1v) is 5.36. The Morgan fingerprint density at radius 2 is 2.54 bits per heavy atom. The highest BCUT2D eigenvalue weighted by molar-refractivity contribution is 7.15. The van der Waals surface area contributed by atoms with E-state index >= 15 is 0 Å². The van der Waals surface area contributed by atoms with Crippen LogP contribution in [0.15, 0.2) is 6.20 Å². The lowest BCUT2D eigenvalue weighted by atomic mass is 10.00. The van der Waals surface area contributed by atoms with Gasteiger partial charge in [0.25, 0.3) is 0 Å². The quantitative estimate of drug-likeness (QED) is 0.722. The van der Waals surface area contributed by atoms with E-state index in [-0.39, 0.29) is 0 Å². The third-order valence-corrected chi connectivity index (χ3v) is 3.74. The zero-order valence-corrected chi connectivity index (χ0v) is 8.47. The highest BCUT2D eigenvalue weighted by atomic mass is 32.1. The van der Waals surface area contributed by atoms with Crippen molar-refractivity contribution in [3.63, 3.8) is 0 Å². The second-order valence-electron chi connectivity index (χ2n) is 3.94. The molecule has 0 radical (unpaired) electrons. The fourth-order valence-corrected chi connectivity index (χ4v) is 2.80. The molecule has 3 N–H and O–H groups in total. The standard InChI is InChI=1S/C9H14N2OS/c1-6-2-3-9(12,4-6)7-5-11-8(10)13-7/h5-6,12H,2-4H2,1H3,(H2,10,11). The second kappa shape index (κ2) is 2.96. The summed E-state index contributed by atoms with van der Waals surface area (Å²) in [6.45, 7) is 2.17. The van der Waals surface area contributed by atoms with Crippen molar-refractivity contribution in [2.75, 3.05) is 5.73 Å². The smallest absolute Gasteiger partial charge is 0.180 e. The van der Waals surface area contributed by atoms with Crippen molar-refractivity contribution in [3.05, 3.63) is 11.1 Å². The lowest BCUT2D eigenvalue weighted by molar-refractivity contribution is 0.0444. The molecule has 0 aliphatic heterocycles. The number of hydrogen-bond donors (Lipinski definition) is 2. The largest absolute Gasteiger partial charge is 0.384 e. The normalized spacial score (nSPS) is 33.8. The average Bonchev–Trinajstić information content (AvgIpc) is 2.60.